The van der Waals surface area contributed by atoms with E-state index in [0.717, 1.165) is 0 Å². The Morgan fingerprint density at radius 3 is 1.73 bits per heavy atom. The minimum atomic E-state index is -5.35. The molecule has 0 aliphatic carbocycles. The summed E-state index contributed by atoms with van der Waals surface area (Å²) in [6.07, 6.45) is -3.41. The maximum Gasteiger partial charge on any atom is 0.422 e. The molecule has 86 valence electrons. The SMILES string of the molecule is O=C(OF)C(=C(F)F)C(F)(F)C(=O)OF. The Kier molecular flexibility index (Phi) is 4.12. The van der Waals surface area contributed by atoms with Gasteiger partial charge in [0.1, 0.15) is 0 Å². The van der Waals surface area contributed by atoms with Gasteiger partial charge in [-0.3, -0.25) is 0 Å². The first-order chi connectivity index (χ1) is 6.78. The molecular weight excluding hydrogens is 238 g/mol. The van der Waals surface area contributed by atoms with E-state index in [1.165, 1.54) is 0 Å². The fourth-order valence-corrected chi connectivity index (χ4v) is 0.513. The van der Waals surface area contributed by atoms with Crippen molar-refractivity contribution in [1.82, 2.24) is 0 Å². The smallest absolute Gasteiger partial charge is 0.249 e. The van der Waals surface area contributed by atoms with Crippen molar-refractivity contribution in [2.24, 2.45) is 0 Å². The van der Waals surface area contributed by atoms with Crippen molar-refractivity contribution in [2.75, 3.05) is 0 Å². The van der Waals surface area contributed by atoms with E-state index >= 15 is 0 Å². The van der Waals surface area contributed by atoms with Crippen LogP contribution in [0, 0.1) is 0 Å². The first-order valence-corrected chi connectivity index (χ1v) is 2.88. The lowest BCUT2D eigenvalue weighted by Gasteiger charge is -2.10. The van der Waals surface area contributed by atoms with Gasteiger partial charge in [-0.2, -0.15) is 17.6 Å². The Labute approximate surface area is 76.9 Å². The zero-order valence-corrected chi connectivity index (χ0v) is 6.40. The molecule has 0 unspecified atom stereocenters. The van der Waals surface area contributed by atoms with E-state index in [9.17, 15) is 36.2 Å². The standard InChI is InChI=1S/C5F6O4/c6-2(7)1(3(12)14-10)5(8,9)4(13)15-11. The van der Waals surface area contributed by atoms with Crippen LogP contribution in [0.25, 0.3) is 0 Å². The highest BCUT2D eigenvalue weighted by Crippen LogP contribution is 2.30. The molecule has 0 saturated heterocycles. The molecule has 0 rings (SSSR count). The predicted molar refractivity (Wildman–Crippen MR) is 28.6 cm³/mol. The molecular formula is C5F6O4. The lowest BCUT2D eigenvalue weighted by atomic mass is 10.1. The summed E-state index contributed by atoms with van der Waals surface area (Å²) in [5.74, 6) is -11.3. The number of rotatable bonds is 3. The van der Waals surface area contributed by atoms with Crippen molar-refractivity contribution in [3.05, 3.63) is 11.7 Å². The van der Waals surface area contributed by atoms with Gasteiger partial charge in [-0.15, -0.1) is 0 Å². The van der Waals surface area contributed by atoms with Crippen molar-refractivity contribution in [3.63, 3.8) is 0 Å². The average molecular weight is 238 g/mol. The van der Waals surface area contributed by atoms with Crippen molar-refractivity contribution < 1.29 is 46.1 Å². The van der Waals surface area contributed by atoms with Gasteiger partial charge in [0.05, 0.1) is 0 Å². The van der Waals surface area contributed by atoms with E-state index in [0.29, 0.717) is 0 Å². The molecule has 0 fully saturated rings. The summed E-state index contributed by atoms with van der Waals surface area (Å²) >= 11 is 0. The molecule has 0 heterocycles. The Morgan fingerprint density at radius 1 is 1.00 bits per heavy atom. The molecule has 0 aromatic rings. The van der Waals surface area contributed by atoms with Crippen molar-refractivity contribution >= 4 is 11.9 Å². The average Bonchev–Trinajstić information content (AvgIpc) is 2.15. The fraction of sp³-hybridized carbons (Fsp3) is 0.200. The minimum absolute atomic E-state index is 1.95. The van der Waals surface area contributed by atoms with Crippen LogP contribution in [-0.2, 0) is 19.5 Å². The van der Waals surface area contributed by atoms with Crippen molar-refractivity contribution in [1.29, 1.82) is 0 Å². The van der Waals surface area contributed by atoms with Gasteiger partial charge < -0.3 is 0 Å². The quantitative estimate of drug-likeness (QED) is 0.553. The summed E-state index contributed by atoms with van der Waals surface area (Å²) < 4.78 is 70.5. The second-order valence-corrected chi connectivity index (χ2v) is 1.94. The largest absolute Gasteiger partial charge is 0.422 e. The number of hydrogen-bond acceptors (Lipinski definition) is 4. The third kappa shape index (κ3) is 2.60. The number of carbonyl (C=O) groups is 2. The molecule has 0 N–H and O–H groups in total. The molecule has 0 atom stereocenters. The molecule has 0 aromatic heterocycles. The summed E-state index contributed by atoms with van der Waals surface area (Å²) in [5.41, 5.74) is -2.94. The van der Waals surface area contributed by atoms with Crippen LogP contribution in [0.2, 0.25) is 0 Å². The van der Waals surface area contributed by atoms with Gasteiger partial charge in [0.25, 0.3) is 6.08 Å². The molecule has 0 aliphatic heterocycles. The summed E-state index contributed by atoms with van der Waals surface area (Å²) in [7, 11) is 0. The lowest BCUT2D eigenvalue weighted by molar-refractivity contribution is -0.210. The number of carbonyl (C=O) groups excluding carboxylic acids is 2. The van der Waals surface area contributed by atoms with Gasteiger partial charge in [-0.05, 0) is 0 Å². The van der Waals surface area contributed by atoms with Gasteiger partial charge >= 0.3 is 17.9 Å². The molecule has 0 aliphatic rings. The maximum atomic E-state index is 12.5. The van der Waals surface area contributed by atoms with Crippen molar-refractivity contribution in [2.45, 2.75) is 5.92 Å². The first-order valence-electron chi connectivity index (χ1n) is 2.88. The topological polar surface area (TPSA) is 52.6 Å². The molecule has 0 radical (unpaired) electrons. The number of alkyl halides is 2. The summed E-state index contributed by atoms with van der Waals surface area (Å²) in [6, 6.07) is 0. The van der Waals surface area contributed by atoms with Crippen LogP contribution in [0.3, 0.4) is 0 Å². The van der Waals surface area contributed by atoms with Crippen LogP contribution in [0.5, 0.6) is 0 Å². The molecule has 4 nitrogen and oxygen atoms in total. The van der Waals surface area contributed by atoms with Crippen LogP contribution in [0.4, 0.5) is 26.6 Å². The number of halogens is 6. The summed E-state index contributed by atoms with van der Waals surface area (Å²) in [6.45, 7) is 0. The van der Waals surface area contributed by atoms with E-state index in [-0.39, 0.29) is 0 Å². The summed E-state index contributed by atoms with van der Waals surface area (Å²) in [4.78, 5) is 24.1. The Morgan fingerprint density at radius 2 is 1.47 bits per heavy atom. The first kappa shape index (κ1) is 13.3. The molecule has 10 heteroatoms. The van der Waals surface area contributed by atoms with Crippen LogP contribution in [-0.4, -0.2) is 17.9 Å². The second-order valence-electron chi connectivity index (χ2n) is 1.94. The summed E-state index contributed by atoms with van der Waals surface area (Å²) in [5, 5.41) is 0. The van der Waals surface area contributed by atoms with Gasteiger partial charge in [0, 0.05) is 9.05 Å². The zero-order valence-electron chi connectivity index (χ0n) is 6.40. The normalized spacial score (nSPS) is 10.5. The van der Waals surface area contributed by atoms with E-state index in [2.05, 4.69) is 4.94 Å². The highest BCUT2D eigenvalue weighted by Gasteiger charge is 2.53. The van der Waals surface area contributed by atoms with Crippen LogP contribution in [0.15, 0.2) is 11.7 Å². The second kappa shape index (κ2) is 4.66. The van der Waals surface area contributed by atoms with E-state index in [1.807, 2.05) is 4.94 Å². The van der Waals surface area contributed by atoms with E-state index < -0.39 is 29.5 Å². The molecule has 0 bridgehead atoms. The van der Waals surface area contributed by atoms with Crippen LogP contribution in [0.1, 0.15) is 0 Å². The number of hydrogen-bond donors (Lipinski definition) is 0. The minimum Gasteiger partial charge on any atom is -0.249 e. The lowest BCUT2D eigenvalue weighted by Crippen LogP contribution is -2.35. The van der Waals surface area contributed by atoms with Gasteiger partial charge in [0.15, 0.2) is 5.57 Å². The van der Waals surface area contributed by atoms with Crippen LogP contribution >= 0.6 is 0 Å². The maximum absolute atomic E-state index is 12.5. The van der Waals surface area contributed by atoms with Crippen molar-refractivity contribution in [3.8, 4) is 0 Å². The van der Waals surface area contributed by atoms with Crippen LogP contribution < -0.4 is 0 Å². The molecule has 0 aromatic carbocycles. The molecule has 0 amide bonds. The molecule has 0 saturated carbocycles. The molecule has 15 heavy (non-hydrogen) atoms. The Bertz CT molecular complexity index is 307. The van der Waals surface area contributed by atoms with E-state index in [1.54, 1.807) is 0 Å². The monoisotopic (exact) mass is 238 g/mol. The van der Waals surface area contributed by atoms with Gasteiger partial charge in [-0.1, -0.05) is 0 Å². The predicted octanol–water partition coefficient (Wildman–Crippen LogP) is 1.63. The zero-order chi connectivity index (χ0) is 12.2. The Hall–Kier alpha value is -1.74. The third-order valence-electron chi connectivity index (χ3n) is 1.10. The molecule has 0 spiro atoms. The van der Waals surface area contributed by atoms with E-state index in [4.69, 9.17) is 0 Å². The highest BCUT2D eigenvalue weighted by molar-refractivity contribution is 5.98. The van der Waals surface area contributed by atoms with Gasteiger partial charge in [0.2, 0.25) is 0 Å². The highest BCUT2D eigenvalue weighted by atomic mass is 19.3. The fourth-order valence-electron chi connectivity index (χ4n) is 0.513. The third-order valence-corrected chi connectivity index (χ3v) is 1.10. The van der Waals surface area contributed by atoms with Gasteiger partial charge in [-0.25, -0.2) is 19.5 Å². The Balaban J connectivity index is 5.39.